The Morgan fingerprint density at radius 2 is 2.23 bits per heavy atom. The van der Waals surface area contributed by atoms with Crippen molar-refractivity contribution in [2.75, 3.05) is 20.3 Å². The lowest BCUT2D eigenvalue weighted by Crippen LogP contribution is -2.46. The SMILES string of the molecule is CCOC1=C2C[C@H](COC)C[C@@H]3C=CC[C@@H](C)C23C=CC1=O. The Balaban J connectivity index is 2.10. The van der Waals surface area contributed by atoms with Crippen LogP contribution in [0.5, 0.6) is 0 Å². The van der Waals surface area contributed by atoms with Crippen molar-refractivity contribution in [2.24, 2.45) is 23.2 Å². The zero-order valence-corrected chi connectivity index (χ0v) is 13.8. The number of ether oxygens (including phenoxy) is 2. The number of allylic oxidation sites excluding steroid dienone is 5. The van der Waals surface area contributed by atoms with Crippen LogP contribution in [0.4, 0.5) is 0 Å². The average molecular weight is 302 g/mol. The second kappa shape index (κ2) is 6.04. The monoisotopic (exact) mass is 302 g/mol. The zero-order valence-electron chi connectivity index (χ0n) is 13.8. The van der Waals surface area contributed by atoms with Gasteiger partial charge in [0.1, 0.15) is 0 Å². The average Bonchev–Trinajstić information content (AvgIpc) is 2.50. The van der Waals surface area contributed by atoms with Gasteiger partial charge in [0.2, 0.25) is 5.78 Å². The molecule has 0 bridgehead atoms. The molecule has 0 heterocycles. The Morgan fingerprint density at radius 3 is 2.95 bits per heavy atom. The fourth-order valence-electron chi connectivity index (χ4n) is 4.65. The summed E-state index contributed by atoms with van der Waals surface area (Å²) in [6, 6.07) is 0. The van der Waals surface area contributed by atoms with E-state index in [-0.39, 0.29) is 11.2 Å². The van der Waals surface area contributed by atoms with Gasteiger partial charge in [-0.2, -0.15) is 0 Å². The van der Waals surface area contributed by atoms with Crippen molar-refractivity contribution < 1.29 is 14.3 Å². The van der Waals surface area contributed by atoms with Crippen LogP contribution in [0.3, 0.4) is 0 Å². The van der Waals surface area contributed by atoms with Crippen LogP contribution in [-0.4, -0.2) is 26.1 Å². The molecule has 0 saturated heterocycles. The van der Waals surface area contributed by atoms with Crippen LogP contribution in [0.15, 0.2) is 35.6 Å². The van der Waals surface area contributed by atoms with Crippen molar-refractivity contribution in [1.82, 2.24) is 0 Å². The van der Waals surface area contributed by atoms with Gasteiger partial charge in [-0.3, -0.25) is 4.79 Å². The van der Waals surface area contributed by atoms with Crippen LogP contribution in [0.1, 0.15) is 33.1 Å². The molecule has 3 heteroatoms. The lowest BCUT2D eigenvalue weighted by molar-refractivity contribution is -0.115. The van der Waals surface area contributed by atoms with E-state index in [1.165, 1.54) is 5.57 Å². The summed E-state index contributed by atoms with van der Waals surface area (Å²) < 4.78 is 11.2. The molecular formula is C19H26O3. The molecule has 4 atom stereocenters. The van der Waals surface area contributed by atoms with Crippen LogP contribution in [0, 0.1) is 23.2 Å². The quantitative estimate of drug-likeness (QED) is 0.743. The highest BCUT2D eigenvalue weighted by atomic mass is 16.5. The number of methoxy groups -OCH3 is 1. The van der Waals surface area contributed by atoms with Crippen LogP contribution in [0.2, 0.25) is 0 Å². The first kappa shape index (κ1) is 15.5. The highest BCUT2D eigenvalue weighted by Gasteiger charge is 2.52. The Morgan fingerprint density at radius 1 is 1.41 bits per heavy atom. The lowest BCUT2D eigenvalue weighted by Gasteiger charge is -2.52. The van der Waals surface area contributed by atoms with E-state index in [2.05, 4.69) is 25.2 Å². The van der Waals surface area contributed by atoms with Crippen molar-refractivity contribution in [2.45, 2.75) is 33.1 Å². The van der Waals surface area contributed by atoms with Crippen molar-refractivity contribution in [1.29, 1.82) is 0 Å². The standard InChI is InChI=1S/C19H26O3/c1-4-22-18-16-11-14(12-21-3)10-15-7-5-6-13(2)19(15,16)9-8-17(18)20/h5,7-9,13-15H,4,6,10-12H2,1-3H3/t13-,14-,15+,19?/m1/s1. The molecule has 120 valence electrons. The van der Waals surface area contributed by atoms with Crippen molar-refractivity contribution in [3.05, 3.63) is 35.6 Å². The summed E-state index contributed by atoms with van der Waals surface area (Å²) in [4.78, 5) is 12.4. The maximum absolute atomic E-state index is 12.4. The molecular weight excluding hydrogens is 276 g/mol. The number of carbonyl (C=O) groups is 1. The van der Waals surface area contributed by atoms with Crippen LogP contribution in [0.25, 0.3) is 0 Å². The molecule has 3 aliphatic rings. The molecule has 0 N–H and O–H groups in total. The molecule has 0 aromatic carbocycles. The van der Waals surface area contributed by atoms with Gasteiger partial charge in [0.25, 0.3) is 0 Å². The normalized spacial score (nSPS) is 37.0. The van der Waals surface area contributed by atoms with Gasteiger partial charge in [0, 0.05) is 19.1 Å². The molecule has 3 aliphatic carbocycles. The second-order valence-corrected chi connectivity index (χ2v) is 6.80. The summed E-state index contributed by atoms with van der Waals surface area (Å²) in [7, 11) is 1.75. The molecule has 0 amide bonds. The van der Waals surface area contributed by atoms with Gasteiger partial charge in [-0.25, -0.2) is 0 Å². The number of hydrogen-bond donors (Lipinski definition) is 0. The van der Waals surface area contributed by atoms with Crippen molar-refractivity contribution in [3.63, 3.8) is 0 Å². The van der Waals surface area contributed by atoms with Gasteiger partial charge in [-0.15, -0.1) is 0 Å². The summed E-state index contributed by atoms with van der Waals surface area (Å²) in [6.45, 7) is 5.54. The van der Waals surface area contributed by atoms with Crippen molar-refractivity contribution in [3.8, 4) is 0 Å². The van der Waals surface area contributed by atoms with Gasteiger partial charge in [-0.05, 0) is 55.6 Å². The predicted molar refractivity (Wildman–Crippen MR) is 86.2 cm³/mol. The molecule has 0 radical (unpaired) electrons. The van der Waals surface area contributed by atoms with E-state index in [1.54, 1.807) is 13.2 Å². The minimum Gasteiger partial charge on any atom is -0.490 e. The summed E-state index contributed by atoms with van der Waals surface area (Å²) in [5.74, 6) is 2.04. The molecule has 0 aromatic rings. The molecule has 3 nitrogen and oxygen atoms in total. The molecule has 22 heavy (non-hydrogen) atoms. The third-order valence-electron chi connectivity index (χ3n) is 5.59. The number of rotatable bonds is 4. The fraction of sp³-hybridized carbons (Fsp3) is 0.632. The number of carbonyl (C=O) groups excluding carboxylic acids is 1. The van der Waals surface area contributed by atoms with E-state index in [0.717, 1.165) is 25.9 Å². The van der Waals surface area contributed by atoms with Crippen LogP contribution in [-0.2, 0) is 14.3 Å². The Labute approximate surface area is 133 Å². The van der Waals surface area contributed by atoms with E-state index in [9.17, 15) is 4.79 Å². The Hall–Kier alpha value is -1.35. The van der Waals surface area contributed by atoms with E-state index in [1.807, 2.05) is 6.92 Å². The minimum absolute atomic E-state index is 0.0287. The first-order valence-corrected chi connectivity index (χ1v) is 8.39. The molecule has 0 aromatic heterocycles. The highest BCUT2D eigenvalue weighted by molar-refractivity contribution is 6.04. The molecule has 3 rings (SSSR count). The van der Waals surface area contributed by atoms with Crippen molar-refractivity contribution >= 4 is 5.78 Å². The fourth-order valence-corrected chi connectivity index (χ4v) is 4.65. The minimum atomic E-state index is -0.0304. The van der Waals surface area contributed by atoms with E-state index >= 15 is 0 Å². The summed E-state index contributed by atoms with van der Waals surface area (Å²) in [5, 5.41) is 0. The second-order valence-electron chi connectivity index (χ2n) is 6.80. The Kier molecular flexibility index (Phi) is 4.26. The van der Waals surface area contributed by atoms with Gasteiger partial charge < -0.3 is 9.47 Å². The summed E-state index contributed by atoms with van der Waals surface area (Å²) in [5.41, 5.74) is 1.19. The molecule has 1 unspecified atom stereocenters. The topological polar surface area (TPSA) is 35.5 Å². The predicted octanol–water partition coefficient (Wildman–Crippen LogP) is 3.67. The van der Waals surface area contributed by atoms with Gasteiger partial charge >= 0.3 is 0 Å². The van der Waals surface area contributed by atoms with E-state index in [4.69, 9.17) is 9.47 Å². The first-order chi connectivity index (χ1) is 10.6. The molecule has 1 saturated carbocycles. The third kappa shape index (κ3) is 2.26. The molecule has 1 spiro atoms. The number of ketones is 1. The smallest absolute Gasteiger partial charge is 0.220 e. The number of hydrogen-bond acceptors (Lipinski definition) is 3. The summed E-state index contributed by atoms with van der Waals surface area (Å²) in [6.07, 6.45) is 11.7. The summed E-state index contributed by atoms with van der Waals surface area (Å²) >= 11 is 0. The zero-order chi connectivity index (χ0) is 15.7. The first-order valence-electron chi connectivity index (χ1n) is 8.39. The lowest BCUT2D eigenvalue weighted by atomic mass is 9.51. The Bertz CT molecular complexity index is 543. The van der Waals surface area contributed by atoms with Gasteiger partial charge in [-0.1, -0.05) is 25.2 Å². The molecule has 0 aliphatic heterocycles. The highest BCUT2D eigenvalue weighted by Crippen LogP contribution is 2.58. The van der Waals surface area contributed by atoms with E-state index in [0.29, 0.717) is 30.1 Å². The van der Waals surface area contributed by atoms with Crippen LogP contribution >= 0.6 is 0 Å². The maximum Gasteiger partial charge on any atom is 0.220 e. The van der Waals surface area contributed by atoms with Gasteiger partial charge in [0.15, 0.2) is 5.76 Å². The van der Waals surface area contributed by atoms with Crippen LogP contribution < -0.4 is 0 Å². The third-order valence-corrected chi connectivity index (χ3v) is 5.59. The molecule has 1 fully saturated rings. The largest absolute Gasteiger partial charge is 0.490 e. The van der Waals surface area contributed by atoms with E-state index < -0.39 is 0 Å². The van der Waals surface area contributed by atoms with Gasteiger partial charge in [0.05, 0.1) is 6.61 Å². The maximum atomic E-state index is 12.4.